The first-order valence-corrected chi connectivity index (χ1v) is 8.66. The van der Waals surface area contributed by atoms with E-state index in [9.17, 15) is 4.79 Å². The zero-order valence-corrected chi connectivity index (χ0v) is 15.1. The number of pyridine rings is 1. The molecule has 0 amide bonds. The van der Waals surface area contributed by atoms with Crippen molar-refractivity contribution in [1.82, 2.24) is 15.0 Å². The third kappa shape index (κ3) is 5.01. The average molecular weight is 363 g/mol. The summed E-state index contributed by atoms with van der Waals surface area (Å²) in [5.74, 6) is 0.780. The molecule has 0 atom stereocenters. The maximum Gasteiger partial charge on any atom is 0.232 e. The van der Waals surface area contributed by atoms with Crippen molar-refractivity contribution in [1.29, 1.82) is 0 Å². The number of carbonyl (C=O) groups is 1. The molecular formula is C20H21N5O2. The van der Waals surface area contributed by atoms with Crippen LogP contribution in [0.3, 0.4) is 0 Å². The molecule has 0 aliphatic heterocycles. The van der Waals surface area contributed by atoms with E-state index in [1.165, 1.54) is 12.4 Å². The fourth-order valence-electron chi connectivity index (χ4n) is 2.57. The van der Waals surface area contributed by atoms with E-state index in [0.29, 0.717) is 30.5 Å². The molecule has 3 aromatic rings. The van der Waals surface area contributed by atoms with Crippen molar-refractivity contribution in [3.05, 3.63) is 71.8 Å². The number of ketones is 1. The van der Waals surface area contributed by atoms with Crippen LogP contribution in [0.25, 0.3) is 0 Å². The van der Waals surface area contributed by atoms with Gasteiger partial charge >= 0.3 is 0 Å². The molecule has 3 rings (SSSR count). The lowest BCUT2D eigenvalue weighted by Gasteiger charge is -2.09. The predicted octanol–water partition coefficient (Wildman–Crippen LogP) is 2.89. The normalized spacial score (nSPS) is 10.4. The van der Waals surface area contributed by atoms with Gasteiger partial charge in [0.25, 0.3) is 0 Å². The molecule has 138 valence electrons. The number of nitrogens with one attached hydrogen (secondary N) is 1. The van der Waals surface area contributed by atoms with Crippen LogP contribution in [0.5, 0.6) is 5.88 Å². The standard InChI is InChI=1S/C20H21N5O2/c1-2-27-19-13-24-17(12-25-19)18(26)10-14-5-3-6-15(9-14)11-23-16-7-4-8-22-20(16)21/h3-9,12-13,23H,2,10-11H2,1H3,(H2,21,22). The minimum atomic E-state index is -0.0906. The number of anilines is 2. The van der Waals surface area contributed by atoms with E-state index in [0.717, 1.165) is 16.8 Å². The molecule has 0 aliphatic rings. The number of carbonyl (C=O) groups excluding carboxylic acids is 1. The topological polar surface area (TPSA) is 103 Å². The Labute approximate surface area is 157 Å². The molecule has 0 radical (unpaired) electrons. The number of hydrogen-bond donors (Lipinski definition) is 2. The summed E-state index contributed by atoms with van der Waals surface area (Å²) >= 11 is 0. The quantitative estimate of drug-likeness (QED) is 0.593. The number of rotatable bonds is 8. The Morgan fingerprint density at radius 3 is 2.70 bits per heavy atom. The number of nitrogen functional groups attached to an aromatic ring is 1. The lowest BCUT2D eigenvalue weighted by atomic mass is 10.0. The fourth-order valence-corrected chi connectivity index (χ4v) is 2.57. The third-order valence-electron chi connectivity index (χ3n) is 3.88. The Morgan fingerprint density at radius 1 is 1.11 bits per heavy atom. The minimum Gasteiger partial charge on any atom is -0.477 e. The van der Waals surface area contributed by atoms with Crippen LogP contribution >= 0.6 is 0 Å². The van der Waals surface area contributed by atoms with Crippen molar-refractivity contribution in [2.45, 2.75) is 19.9 Å². The highest BCUT2D eigenvalue weighted by atomic mass is 16.5. The second kappa shape index (κ2) is 8.75. The van der Waals surface area contributed by atoms with Gasteiger partial charge in [0.1, 0.15) is 11.5 Å². The Hall–Kier alpha value is -3.48. The molecule has 0 aliphatic carbocycles. The van der Waals surface area contributed by atoms with E-state index in [2.05, 4.69) is 20.3 Å². The van der Waals surface area contributed by atoms with Crippen LogP contribution in [0.15, 0.2) is 55.0 Å². The first-order chi connectivity index (χ1) is 13.2. The van der Waals surface area contributed by atoms with Gasteiger partial charge in [0.15, 0.2) is 5.78 Å². The Kier molecular flexibility index (Phi) is 5.94. The molecule has 27 heavy (non-hydrogen) atoms. The van der Waals surface area contributed by atoms with Crippen LogP contribution in [-0.4, -0.2) is 27.3 Å². The van der Waals surface area contributed by atoms with Crippen LogP contribution in [-0.2, 0) is 13.0 Å². The van der Waals surface area contributed by atoms with Crippen molar-refractivity contribution < 1.29 is 9.53 Å². The monoisotopic (exact) mass is 363 g/mol. The van der Waals surface area contributed by atoms with Crippen molar-refractivity contribution in [2.24, 2.45) is 0 Å². The summed E-state index contributed by atoms with van der Waals surface area (Å²) in [5, 5.41) is 3.25. The summed E-state index contributed by atoms with van der Waals surface area (Å²) in [5.41, 5.74) is 8.89. The van der Waals surface area contributed by atoms with Crippen LogP contribution in [0.4, 0.5) is 11.5 Å². The first kappa shape index (κ1) is 18.3. The maximum atomic E-state index is 12.4. The van der Waals surface area contributed by atoms with Gasteiger partial charge in [0.2, 0.25) is 5.88 Å². The third-order valence-corrected chi connectivity index (χ3v) is 3.88. The lowest BCUT2D eigenvalue weighted by Crippen LogP contribution is -2.08. The van der Waals surface area contributed by atoms with E-state index >= 15 is 0 Å². The summed E-state index contributed by atoms with van der Waals surface area (Å²) < 4.78 is 5.24. The molecule has 2 aromatic heterocycles. The van der Waals surface area contributed by atoms with Crippen molar-refractivity contribution in [3.8, 4) is 5.88 Å². The molecule has 0 saturated carbocycles. The molecule has 7 nitrogen and oxygen atoms in total. The van der Waals surface area contributed by atoms with Crippen molar-refractivity contribution in [3.63, 3.8) is 0 Å². The van der Waals surface area contributed by atoms with E-state index in [1.807, 2.05) is 43.3 Å². The van der Waals surface area contributed by atoms with Gasteiger partial charge < -0.3 is 15.8 Å². The highest BCUT2D eigenvalue weighted by Gasteiger charge is 2.10. The molecule has 0 bridgehead atoms. The summed E-state index contributed by atoms with van der Waals surface area (Å²) in [6, 6.07) is 11.5. The van der Waals surface area contributed by atoms with Gasteiger partial charge in [-0.3, -0.25) is 4.79 Å². The minimum absolute atomic E-state index is 0.0906. The number of aromatic nitrogens is 3. The molecule has 0 fully saturated rings. The molecule has 0 unspecified atom stereocenters. The van der Waals surface area contributed by atoms with Crippen molar-refractivity contribution >= 4 is 17.3 Å². The van der Waals surface area contributed by atoms with Gasteiger partial charge in [-0.15, -0.1) is 0 Å². The van der Waals surface area contributed by atoms with Gasteiger partial charge in [-0.05, 0) is 30.2 Å². The largest absolute Gasteiger partial charge is 0.477 e. The molecule has 0 spiro atoms. The zero-order chi connectivity index (χ0) is 19.1. The number of nitrogens with two attached hydrogens (primary N) is 1. The SMILES string of the molecule is CCOc1cnc(C(=O)Cc2cccc(CNc3cccnc3N)c2)cn1. The molecule has 3 N–H and O–H groups in total. The maximum absolute atomic E-state index is 12.4. The van der Waals surface area contributed by atoms with Gasteiger partial charge in [0.05, 0.1) is 24.7 Å². The number of hydrogen-bond acceptors (Lipinski definition) is 7. The second-order valence-electron chi connectivity index (χ2n) is 5.88. The van der Waals surface area contributed by atoms with Gasteiger partial charge in [-0.25, -0.2) is 15.0 Å². The molecule has 7 heteroatoms. The van der Waals surface area contributed by atoms with Crippen LogP contribution in [0.1, 0.15) is 28.5 Å². The van der Waals surface area contributed by atoms with Crippen LogP contribution < -0.4 is 15.8 Å². The summed E-state index contributed by atoms with van der Waals surface area (Å²) in [4.78, 5) is 24.7. The lowest BCUT2D eigenvalue weighted by molar-refractivity contribution is 0.0987. The summed E-state index contributed by atoms with van der Waals surface area (Å²) in [6.45, 7) is 2.96. The molecule has 2 heterocycles. The smallest absolute Gasteiger partial charge is 0.232 e. The van der Waals surface area contributed by atoms with Crippen molar-refractivity contribution in [2.75, 3.05) is 17.7 Å². The van der Waals surface area contributed by atoms with Gasteiger partial charge in [-0.2, -0.15) is 0 Å². The Morgan fingerprint density at radius 2 is 1.96 bits per heavy atom. The van der Waals surface area contributed by atoms with Gasteiger partial charge in [-0.1, -0.05) is 24.3 Å². The molecule has 0 saturated heterocycles. The highest BCUT2D eigenvalue weighted by Crippen LogP contribution is 2.16. The number of nitrogens with zero attached hydrogens (tertiary/aromatic N) is 3. The molecule has 1 aromatic carbocycles. The fraction of sp³-hybridized carbons (Fsp3) is 0.200. The van der Waals surface area contributed by atoms with Crippen LogP contribution in [0, 0.1) is 0 Å². The number of benzene rings is 1. The zero-order valence-electron chi connectivity index (χ0n) is 15.1. The number of ether oxygens (including phenoxy) is 1. The van der Waals surface area contributed by atoms with E-state index in [-0.39, 0.29) is 12.2 Å². The first-order valence-electron chi connectivity index (χ1n) is 8.66. The van der Waals surface area contributed by atoms with E-state index < -0.39 is 0 Å². The van der Waals surface area contributed by atoms with Gasteiger partial charge in [0, 0.05) is 19.2 Å². The Bertz CT molecular complexity index is 912. The highest BCUT2D eigenvalue weighted by molar-refractivity contribution is 5.95. The molecular weight excluding hydrogens is 342 g/mol. The second-order valence-corrected chi connectivity index (χ2v) is 5.88. The summed E-state index contributed by atoms with van der Waals surface area (Å²) in [6.07, 6.45) is 4.82. The van der Waals surface area contributed by atoms with E-state index in [4.69, 9.17) is 10.5 Å². The Balaban J connectivity index is 1.63. The predicted molar refractivity (Wildman–Crippen MR) is 104 cm³/mol. The number of Topliss-reactive ketones (excluding diaryl/α,β-unsaturated/α-hetero) is 1. The summed E-state index contributed by atoms with van der Waals surface area (Å²) in [7, 11) is 0. The van der Waals surface area contributed by atoms with Crippen LogP contribution in [0.2, 0.25) is 0 Å². The van der Waals surface area contributed by atoms with E-state index in [1.54, 1.807) is 6.20 Å². The average Bonchev–Trinajstić information content (AvgIpc) is 2.68.